The maximum Gasteiger partial charge on any atom is 0.264 e. The van der Waals surface area contributed by atoms with Crippen LogP contribution in [0, 0.1) is 17.8 Å². The largest absolute Gasteiger partial charge is 0.490 e. The zero-order chi connectivity index (χ0) is 37.5. The minimum absolute atomic E-state index is 0.223. The molecule has 5 aliphatic rings. The lowest BCUT2D eigenvalue weighted by molar-refractivity contribution is -0.108. The molecule has 10 nitrogen and oxygen atoms in total. The Morgan fingerprint density at radius 2 is 1.91 bits per heavy atom. The molecule has 0 unspecified atom stereocenters. The summed E-state index contributed by atoms with van der Waals surface area (Å²) in [5.41, 5.74) is 2.88. The molecule has 2 fully saturated rings. The van der Waals surface area contributed by atoms with Gasteiger partial charge in [-0.2, -0.15) is 0 Å². The Hall–Kier alpha value is -2.67. The van der Waals surface area contributed by atoms with Crippen molar-refractivity contribution in [1.29, 1.82) is 0 Å². The SMILES string of the molecule is COCCN(C)C1CN(C[C@@]2(OC)/C=C\C[C@H](C)[C@@H](C)S(=O)(=O)NC(=O)c3ccc4c(c3)N(C[C@@H]3CC[C@H]32)C[C@@]2(CCCc3cc(Cl)ccc32)CO4)C1. The first-order chi connectivity index (χ1) is 25.4. The van der Waals surface area contributed by atoms with E-state index in [1.54, 1.807) is 20.1 Å². The molecule has 2 aromatic rings. The van der Waals surface area contributed by atoms with Gasteiger partial charge < -0.3 is 19.1 Å². The molecule has 1 amide bonds. The van der Waals surface area contributed by atoms with E-state index < -0.39 is 26.8 Å². The number of anilines is 1. The number of likely N-dealkylation sites (tertiary alicyclic amines) is 1. The highest BCUT2D eigenvalue weighted by atomic mass is 35.5. The number of carbonyl (C=O) groups is 1. The van der Waals surface area contributed by atoms with Crippen molar-refractivity contribution in [2.24, 2.45) is 17.8 Å². The second-order valence-electron chi connectivity index (χ2n) is 16.5. The van der Waals surface area contributed by atoms with Crippen molar-refractivity contribution in [1.82, 2.24) is 14.5 Å². The quantitative estimate of drug-likeness (QED) is 0.365. The molecule has 2 bridgehead atoms. The molecule has 53 heavy (non-hydrogen) atoms. The van der Waals surface area contributed by atoms with E-state index in [4.69, 9.17) is 25.8 Å². The number of amides is 1. The normalized spacial score (nSPS) is 32.4. The average molecular weight is 769 g/mol. The lowest BCUT2D eigenvalue weighted by Gasteiger charge is -2.54. The number of nitrogens with zero attached hydrogens (tertiary/aromatic N) is 3. The Morgan fingerprint density at radius 1 is 1.09 bits per heavy atom. The highest BCUT2D eigenvalue weighted by Gasteiger charge is 2.51. The number of fused-ring (bicyclic) bond motifs is 4. The number of halogens is 1. The van der Waals surface area contributed by atoms with Crippen molar-refractivity contribution in [2.75, 3.05) is 78.6 Å². The van der Waals surface area contributed by atoms with Gasteiger partial charge >= 0.3 is 0 Å². The fraction of sp³-hybridized carbons (Fsp3) is 0.634. The number of aryl methyl sites for hydroxylation is 1. The fourth-order valence-corrected chi connectivity index (χ4v) is 11.0. The summed E-state index contributed by atoms with van der Waals surface area (Å²) in [5.74, 6) is 0.458. The molecule has 6 atom stereocenters. The van der Waals surface area contributed by atoms with Crippen LogP contribution < -0.4 is 14.4 Å². The molecule has 2 aromatic carbocycles. The van der Waals surface area contributed by atoms with E-state index in [9.17, 15) is 13.2 Å². The number of hydrogen-bond donors (Lipinski definition) is 1. The van der Waals surface area contributed by atoms with Crippen LogP contribution >= 0.6 is 11.6 Å². The Morgan fingerprint density at radius 3 is 2.64 bits per heavy atom. The van der Waals surface area contributed by atoms with Crippen molar-refractivity contribution in [3.8, 4) is 5.75 Å². The Bertz CT molecular complexity index is 1800. The van der Waals surface area contributed by atoms with Gasteiger partial charge in [-0.05, 0) is 112 Å². The summed E-state index contributed by atoms with van der Waals surface area (Å²) < 4.78 is 48.3. The van der Waals surface area contributed by atoms with Crippen molar-refractivity contribution < 1.29 is 27.4 Å². The van der Waals surface area contributed by atoms with E-state index >= 15 is 0 Å². The van der Waals surface area contributed by atoms with Crippen LogP contribution in [0.3, 0.4) is 0 Å². The third-order valence-electron chi connectivity index (χ3n) is 13.3. The smallest absolute Gasteiger partial charge is 0.264 e. The number of hydrogen-bond acceptors (Lipinski definition) is 9. The number of likely N-dealkylation sites (N-methyl/N-ethyl adjacent to an activating group) is 1. The van der Waals surface area contributed by atoms with Gasteiger partial charge in [0, 0.05) is 75.5 Å². The molecule has 12 heteroatoms. The average Bonchev–Trinajstić information content (AvgIpc) is 3.25. The summed E-state index contributed by atoms with van der Waals surface area (Å²) in [7, 11) is 1.79. The summed E-state index contributed by atoms with van der Waals surface area (Å²) in [6.45, 7) is 9.93. The minimum atomic E-state index is -3.96. The van der Waals surface area contributed by atoms with Crippen molar-refractivity contribution in [3.63, 3.8) is 0 Å². The zero-order valence-electron chi connectivity index (χ0n) is 32.0. The third kappa shape index (κ3) is 7.63. The molecule has 1 saturated heterocycles. The number of rotatable bonds is 7. The van der Waals surface area contributed by atoms with Crippen LogP contribution in [-0.4, -0.2) is 115 Å². The second kappa shape index (κ2) is 15.5. The lowest BCUT2D eigenvalue weighted by atomic mass is 9.63. The molecular weight excluding hydrogens is 712 g/mol. The first-order valence-electron chi connectivity index (χ1n) is 19.4. The van der Waals surface area contributed by atoms with Gasteiger partial charge in [-0.1, -0.05) is 36.7 Å². The number of allylic oxidation sites excluding steroid dienone is 1. The monoisotopic (exact) mass is 768 g/mol. The van der Waals surface area contributed by atoms with E-state index in [1.807, 2.05) is 32.2 Å². The molecule has 1 saturated carbocycles. The first kappa shape index (κ1) is 38.6. The van der Waals surface area contributed by atoms with Gasteiger partial charge in [0.05, 0.1) is 24.2 Å². The van der Waals surface area contributed by atoms with E-state index in [0.29, 0.717) is 49.5 Å². The zero-order valence-corrected chi connectivity index (χ0v) is 33.6. The van der Waals surface area contributed by atoms with Crippen LogP contribution in [0.4, 0.5) is 5.69 Å². The molecule has 290 valence electrons. The molecule has 0 aromatic heterocycles. The fourth-order valence-electron chi connectivity index (χ4n) is 9.53. The molecule has 2 aliphatic carbocycles. The van der Waals surface area contributed by atoms with Crippen LogP contribution in [0.5, 0.6) is 5.75 Å². The number of nitrogens with one attached hydrogen (secondary N) is 1. The van der Waals surface area contributed by atoms with Crippen LogP contribution in [0.1, 0.15) is 67.4 Å². The highest BCUT2D eigenvalue weighted by Crippen LogP contribution is 2.49. The summed E-state index contributed by atoms with van der Waals surface area (Å²) >= 11 is 6.50. The molecule has 7 rings (SSSR count). The Labute approximate surface area is 321 Å². The Kier molecular flexibility index (Phi) is 11.3. The molecule has 0 radical (unpaired) electrons. The van der Waals surface area contributed by atoms with Gasteiger partial charge in [-0.3, -0.25) is 14.6 Å². The molecular formula is C41H57ClN4O6S. The highest BCUT2D eigenvalue weighted by molar-refractivity contribution is 7.90. The standard InChI is InChI=1S/C41H57ClN4O6S/c1-28-8-6-17-41(51-5,26-45-23-34(24-45)44(3)18-19-50-4)36-13-10-32(36)22-46-25-40(16-7-9-30-20-33(42)12-14-35(30)40)27-52-38-15-11-31(21-37(38)46)39(47)43-53(48,49)29(28)2/h6,11-12,14-15,17,20-21,28-29,32,34,36H,7-10,13,16,18-19,22-27H2,1-5H3,(H,43,47)/b17-6-/t28-,29+,32-,36+,40-,41-/m0/s1. The predicted octanol–water partition coefficient (Wildman–Crippen LogP) is 5.53. The van der Waals surface area contributed by atoms with E-state index in [0.717, 1.165) is 75.5 Å². The topological polar surface area (TPSA) is 101 Å². The van der Waals surface area contributed by atoms with Gasteiger partial charge in [-0.25, -0.2) is 13.1 Å². The van der Waals surface area contributed by atoms with E-state index in [2.05, 4.69) is 50.8 Å². The summed E-state index contributed by atoms with van der Waals surface area (Å²) in [5, 5.41) is -0.0362. The molecule has 3 heterocycles. The number of benzene rings is 2. The van der Waals surface area contributed by atoms with Crippen LogP contribution in [0.2, 0.25) is 5.02 Å². The summed E-state index contributed by atoms with van der Waals surface area (Å²) in [4.78, 5) is 20.9. The third-order valence-corrected chi connectivity index (χ3v) is 15.4. The van der Waals surface area contributed by atoms with Gasteiger partial charge in [0.2, 0.25) is 10.0 Å². The molecule has 1 spiro atoms. The maximum atomic E-state index is 13.6. The van der Waals surface area contributed by atoms with Crippen molar-refractivity contribution in [3.05, 3.63) is 70.3 Å². The second-order valence-corrected chi connectivity index (χ2v) is 19.0. The van der Waals surface area contributed by atoms with Gasteiger partial charge in [0.25, 0.3) is 5.91 Å². The first-order valence-corrected chi connectivity index (χ1v) is 21.3. The van der Waals surface area contributed by atoms with E-state index in [1.165, 1.54) is 11.1 Å². The number of ether oxygens (including phenoxy) is 3. The number of carbonyl (C=O) groups excluding carboxylic acids is 1. The van der Waals surface area contributed by atoms with E-state index in [-0.39, 0.29) is 17.3 Å². The summed E-state index contributed by atoms with van der Waals surface area (Å²) in [6.07, 6.45) is 10.0. The van der Waals surface area contributed by atoms with Crippen LogP contribution in [-0.2, 0) is 31.3 Å². The molecule has 3 aliphatic heterocycles. The van der Waals surface area contributed by atoms with Crippen LogP contribution in [0.25, 0.3) is 0 Å². The number of methoxy groups -OCH3 is 2. The van der Waals surface area contributed by atoms with Crippen LogP contribution in [0.15, 0.2) is 48.6 Å². The number of sulfonamides is 1. The predicted molar refractivity (Wildman–Crippen MR) is 210 cm³/mol. The minimum Gasteiger partial charge on any atom is -0.490 e. The summed E-state index contributed by atoms with van der Waals surface area (Å²) in [6, 6.07) is 12.1. The van der Waals surface area contributed by atoms with Gasteiger partial charge in [0.15, 0.2) is 0 Å². The maximum absolute atomic E-state index is 13.6. The lowest BCUT2D eigenvalue weighted by Crippen LogP contribution is -2.64. The van der Waals surface area contributed by atoms with Crippen molar-refractivity contribution >= 4 is 33.2 Å². The van der Waals surface area contributed by atoms with Gasteiger partial charge in [0.1, 0.15) is 11.4 Å². The van der Waals surface area contributed by atoms with Crippen molar-refractivity contribution in [2.45, 2.75) is 74.7 Å². The van der Waals surface area contributed by atoms with Gasteiger partial charge in [-0.15, -0.1) is 0 Å². The molecule has 1 N–H and O–H groups in total. The Balaban J connectivity index is 1.26.